The van der Waals surface area contributed by atoms with Crippen LogP contribution in [0.25, 0.3) is 0 Å². The number of hydrogen-bond acceptors (Lipinski definition) is 4. The van der Waals surface area contributed by atoms with Gasteiger partial charge in [-0.1, -0.05) is 0 Å². The number of carbonyl (C=O) groups excluding carboxylic acids is 1. The number of aromatic nitrogens is 2. The molecule has 1 aromatic rings. The molecule has 1 unspecified atom stereocenters. The topological polar surface area (TPSA) is 84.7 Å². The zero-order valence-electron chi connectivity index (χ0n) is 12.6. The maximum absolute atomic E-state index is 12.1. The molecule has 2 heterocycles. The Morgan fingerprint density at radius 2 is 2.14 bits per heavy atom. The third-order valence-electron chi connectivity index (χ3n) is 3.91. The van der Waals surface area contributed by atoms with Crippen molar-refractivity contribution in [1.29, 1.82) is 0 Å². The monoisotopic (exact) mass is 295 g/mol. The van der Waals surface area contributed by atoms with E-state index >= 15 is 0 Å². The van der Waals surface area contributed by atoms with Crippen LogP contribution in [0.1, 0.15) is 24.2 Å². The lowest BCUT2D eigenvalue weighted by Crippen LogP contribution is -2.44. The number of hydrogen-bond donors (Lipinski definition) is 1. The molecular weight excluding hydrogens is 274 g/mol. The van der Waals surface area contributed by atoms with E-state index < -0.39 is 11.9 Å². The quantitative estimate of drug-likeness (QED) is 0.885. The Morgan fingerprint density at radius 1 is 1.43 bits per heavy atom. The van der Waals surface area contributed by atoms with Crippen LogP contribution in [0.3, 0.4) is 0 Å². The average Bonchev–Trinajstić information content (AvgIpc) is 2.70. The van der Waals surface area contributed by atoms with Gasteiger partial charge in [0.25, 0.3) is 5.91 Å². The normalized spacial score (nSPS) is 18.6. The first kappa shape index (κ1) is 15.3. The van der Waals surface area contributed by atoms with Crippen molar-refractivity contribution in [2.45, 2.75) is 26.7 Å². The largest absolute Gasteiger partial charge is 0.481 e. The van der Waals surface area contributed by atoms with Gasteiger partial charge in [-0.25, -0.2) is 0 Å². The molecule has 2 rings (SSSR count). The van der Waals surface area contributed by atoms with Crippen molar-refractivity contribution in [2.24, 2.45) is 13.0 Å². The van der Waals surface area contributed by atoms with E-state index in [0.717, 1.165) is 11.4 Å². The molecule has 7 heteroatoms. The highest BCUT2D eigenvalue weighted by Crippen LogP contribution is 2.22. The molecule has 1 fully saturated rings. The van der Waals surface area contributed by atoms with Crippen LogP contribution >= 0.6 is 0 Å². The molecule has 1 aromatic heterocycles. The summed E-state index contributed by atoms with van der Waals surface area (Å²) in [6, 6.07) is 0. The number of carboxylic acid groups (broad SMARTS) is 1. The van der Waals surface area contributed by atoms with E-state index in [1.54, 1.807) is 9.58 Å². The van der Waals surface area contributed by atoms with E-state index in [9.17, 15) is 9.59 Å². The second-order valence-electron chi connectivity index (χ2n) is 5.43. The Bertz CT molecular complexity index is 553. The fraction of sp³-hybridized carbons (Fsp3) is 0.643. The van der Waals surface area contributed by atoms with E-state index in [-0.39, 0.29) is 19.1 Å². The van der Waals surface area contributed by atoms with Crippen LogP contribution in [-0.2, 0) is 16.6 Å². The highest BCUT2D eigenvalue weighted by Gasteiger charge is 2.28. The zero-order valence-corrected chi connectivity index (χ0v) is 12.6. The number of likely N-dealkylation sites (tertiary alicyclic amines) is 1. The van der Waals surface area contributed by atoms with Gasteiger partial charge in [-0.2, -0.15) is 5.10 Å². The Labute approximate surface area is 123 Å². The molecule has 21 heavy (non-hydrogen) atoms. The minimum atomic E-state index is -0.840. The molecule has 0 saturated carbocycles. The van der Waals surface area contributed by atoms with Crippen LogP contribution in [-0.4, -0.2) is 51.4 Å². The number of nitrogens with zero attached hydrogens (tertiary/aromatic N) is 3. The summed E-state index contributed by atoms with van der Waals surface area (Å²) in [7, 11) is 1.82. The summed E-state index contributed by atoms with van der Waals surface area (Å²) in [4.78, 5) is 24.7. The van der Waals surface area contributed by atoms with Gasteiger partial charge in [0.2, 0.25) is 0 Å². The average molecular weight is 295 g/mol. The van der Waals surface area contributed by atoms with Gasteiger partial charge in [0.05, 0.1) is 11.6 Å². The summed E-state index contributed by atoms with van der Waals surface area (Å²) in [5.74, 6) is -0.863. The van der Waals surface area contributed by atoms with Crippen molar-refractivity contribution in [3.63, 3.8) is 0 Å². The minimum Gasteiger partial charge on any atom is -0.481 e. The molecule has 1 atom stereocenters. The van der Waals surface area contributed by atoms with Gasteiger partial charge in [-0.3, -0.25) is 14.3 Å². The van der Waals surface area contributed by atoms with Crippen molar-refractivity contribution in [3.05, 3.63) is 11.4 Å². The molecule has 1 N–H and O–H groups in total. The highest BCUT2D eigenvalue weighted by molar-refractivity contribution is 5.79. The molecule has 0 aliphatic carbocycles. The zero-order chi connectivity index (χ0) is 15.6. The predicted octanol–water partition coefficient (Wildman–Crippen LogP) is 0.739. The van der Waals surface area contributed by atoms with Gasteiger partial charge in [0.1, 0.15) is 5.69 Å². The summed E-state index contributed by atoms with van der Waals surface area (Å²) >= 11 is 0. The molecular formula is C14H21N3O4. The molecule has 0 bridgehead atoms. The van der Waals surface area contributed by atoms with Crippen LogP contribution < -0.4 is 4.74 Å². The van der Waals surface area contributed by atoms with Crippen molar-refractivity contribution >= 4 is 11.9 Å². The first-order chi connectivity index (χ1) is 9.90. The lowest BCUT2D eigenvalue weighted by molar-refractivity contribution is -0.146. The highest BCUT2D eigenvalue weighted by atomic mass is 16.5. The molecule has 0 spiro atoms. The van der Waals surface area contributed by atoms with Crippen molar-refractivity contribution in [2.75, 3.05) is 19.7 Å². The second kappa shape index (κ2) is 6.15. The Hall–Kier alpha value is -2.05. The number of amides is 1. The maximum Gasteiger partial charge on any atom is 0.308 e. The number of aliphatic carboxylic acids is 1. The van der Waals surface area contributed by atoms with Gasteiger partial charge < -0.3 is 14.7 Å². The second-order valence-corrected chi connectivity index (χ2v) is 5.43. The molecule has 1 aliphatic rings. The fourth-order valence-corrected chi connectivity index (χ4v) is 2.59. The summed E-state index contributed by atoms with van der Waals surface area (Å²) in [6.45, 7) is 4.48. The maximum atomic E-state index is 12.1. The Morgan fingerprint density at radius 3 is 2.71 bits per heavy atom. The smallest absolute Gasteiger partial charge is 0.308 e. The SMILES string of the molecule is Cc1nn(C)c(C)c1OCC(=O)N1CCCC(C(=O)O)C1. The van der Waals surface area contributed by atoms with E-state index in [2.05, 4.69) is 5.10 Å². The minimum absolute atomic E-state index is 0.0836. The van der Waals surface area contributed by atoms with E-state index in [4.69, 9.17) is 9.84 Å². The van der Waals surface area contributed by atoms with Crippen LogP contribution in [0, 0.1) is 19.8 Å². The lowest BCUT2D eigenvalue weighted by Gasteiger charge is -2.30. The van der Waals surface area contributed by atoms with Crippen molar-refractivity contribution < 1.29 is 19.4 Å². The Kier molecular flexibility index (Phi) is 4.50. The summed E-state index contributed by atoms with van der Waals surface area (Å²) < 4.78 is 7.28. The molecule has 1 saturated heterocycles. The first-order valence-corrected chi connectivity index (χ1v) is 7.03. The number of ether oxygens (including phenoxy) is 1. The van der Waals surface area contributed by atoms with Crippen LogP contribution in [0.15, 0.2) is 0 Å². The van der Waals surface area contributed by atoms with Gasteiger partial charge in [0.15, 0.2) is 12.4 Å². The first-order valence-electron chi connectivity index (χ1n) is 7.03. The van der Waals surface area contributed by atoms with Crippen LogP contribution in [0.4, 0.5) is 0 Å². The van der Waals surface area contributed by atoms with E-state index in [1.165, 1.54) is 0 Å². The third-order valence-corrected chi connectivity index (χ3v) is 3.91. The van der Waals surface area contributed by atoms with Crippen LogP contribution in [0.5, 0.6) is 5.75 Å². The van der Waals surface area contributed by atoms with Gasteiger partial charge >= 0.3 is 5.97 Å². The molecule has 1 amide bonds. The number of rotatable bonds is 4. The number of carboxylic acids is 1. The number of piperidine rings is 1. The Balaban J connectivity index is 1.94. The van der Waals surface area contributed by atoms with Crippen LogP contribution in [0.2, 0.25) is 0 Å². The van der Waals surface area contributed by atoms with Gasteiger partial charge in [0, 0.05) is 20.1 Å². The molecule has 7 nitrogen and oxygen atoms in total. The summed E-state index contributed by atoms with van der Waals surface area (Å²) in [5, 5.41) is 13.3. The summed E-state index contributed by atoms with van der Waals surface area (Å²) in [6.07, 6.45) is 1.34. The summed E-state index contributed by atoms with van der Waals surface area (Å²) in [5.41, 5.74) is 1.60. The fourth-order valence-electron chi connectivity index (χ4n) is 2.59. The number of aryl methyl sites for hydroxylation is 2. The molecule has 116 valence electrons. The van der Waals surface area contributed by atoms with Gasteiger partial charge in [-0.05, 0) is 26.7 Å². The molecule has 0 aromatic carbocycles. The third kappa shape index (κ3) is 3.34. The van der Waals surface area contributed by atoms with Gasteiger partial charge in [-0.15, -0.1) is 0 Å². The lowest BCUT2D eigenvalue weighted by atomic mass is 9.98. The van der Waals surface area contributed by atoms with Crippen molar-refractivity contribution in [1.82, 2.24) is 14.7 Å². The predicted molar refractivity (Wildman–Crippen MR) is 75.1 cm³/mol. The standard InChI is InChI=1S/C14H21N3O4/c1-9-13(10(2)16(3)15-9)21-8-12(18)17-6-4-5-11(7-17)14(19)20/h11H,4-8H2,1-3H3,(H,19,20). The van der Waals surface area contributed by atoms with E-state index in [1.807, 2.05) is 20.9 Å². The molecule has 1 aliphatic heterocycles. The number of carbonyl (C=O) groups is 2. The van der Waals surface area contributed by atoms with Crippen molar-refractivity contribution in [3.8, 4) is 5.75 Å². The van der Waals surface area contributed by atoms with E-state index in [0.29, 0.717) is 25.1 Å². The molecule has 0 radical (unpaired) electrons.